The summed E-state index contributed by atoms with van der Waals surface area (Å²) in [6.45, 7) is 6.55. The van der Waals surface area contributed by atoms with Crippen molar-refractivity contribution in [3.63, 3.8) is 0 Å². The summed E-state index contributed by atoms with van der Waals surface area (Å²) in [5.41, 5.74) is 3.17. The number of benzene rings is 1. The zero-order valence-corrected chi connectivity index (χ0v) is 12.8. The van der Waals surface area contributed by atoms with Crippen LogP contribution in [0.1, 0.15) is 30.9 Å². The predicted octanol–water partition coefficient (Wildman–Crippen LogP) is 2.70. The summed E-state index contributed by atoms with van der Waals surface area (Å²) in [7, 11) is 0. The molecule has 0 fully saturated rings. The van der Waals surface area contributed by atoms with E-state index >= 15 is 0 Å². The Morgan fingerprint density at radius 2 is 1.71 bits per heavy atom. The molecule has 2 N–H and O–H groups in total. The molecule has 0 aliphatic heterocycles. The SMILES string of the molecule is Cc1cc(C)cc(N(CCCC(=O)O)CC(C)C(=O)O)c1. The van der Waals surface area contributed by atoms with Crippen LogP contribution in [0.4, 0.5) is 5.69 Å². The lowest BCUT2D eigenvalue weighted by Crippen LogP contribution is -2.33. The van der Waals surface area contributed by atoms with E-state index in [2.05, 4.69) is 6.07 Å². The molecule has 116 valence electrons. The van der Waals surface area contributed by atoms with Gasteiger partial charge in [0.1, 0.15) is 0 Å². The van der Waals surface area contributed by atoms with E-state index in [4.69, 9.17) is 10.2 Å². The predicted molar refractivity (Wildman–Crippen MR) is 81.8 cm³/mol. The van der Waals surface area contributed by atoms with E-state index in [0.29, 0.717) is 19.5 Å². The highest BCUT2D eigenvalue weighted by Crippen LogP contribution is 2.20. The number of hydrogen-bond acceptors (Lipinski definition) is 3. The highest BCUT2D eigenvalue weighted by atomic mass is 16.4. The van der Waals surface area contributed by atoms with Gasteiger partial charge in [0.05, 0.1) is 5.92 Å². The average molecular weight is 293 g/mol. The van der Waals surface area contributed by atoms with Crippen LogP contribution in [0.15, 0.2) is 18.2 Å². The number of carboxylic acid groups (broad SMARTS) is 2. The zero-order chi connectivity index (χ0) is 16.0. The van der Waals surface area contributed by atoms with Crippen LogP contribution in [0, 0.1) is 19.8 Å². The quantitative estimate of drug-likeness (QED) is 0.770. The Bertz CT molecular complexity index is 493. The summed E-state index contributed by atoms with van der Waals surface area (Å²) in [5, 5.41) is 17.8. The summed E-state index contributed by atoms with van der Waals surface area (Å²) in [5.74, 6) is -2.18. The zero-order valence-electron chi connectivity index (χ0n) is 12.8. The van der Waals surface area contributed by atoms with Crippen LogP contribution >= 0.6 is 0 Å². The van der Waals surface area contributed by atoms with Crippen molar-refractivity contribution in [2.45, 2.75) is 33.6 Å². The van der Waals surface area contributed by atoms with Crippen LogP contribution in [0.3, 0.4) is 0 Å². The minimum Gasteiger partial charge on any atom is -0.481 e. The molecule has 0 aliphatic rings. The normalized spacial score (nSPS) is 12.0. The number of aryl methyl sites for hydroxylation is 2. The Morgan fingerprint density at radius 3 is 2.19 bits per heavy atom. The van der Waals surface area contributed by atoms with Crippen molar-refractivity contribution in [2.24, 2.45) is 5.92 Å². The topological polar surface area (TPSA) is 77.8 Å². The summed E-state index contributed by atoms with van der Waals surface area (Å²) < 4.78 is 0. The molecule has 1 atom stereocenters. The molecule has 0 saturated carbocycles. The molecule has 0 spiro atoms. The number of hydrogen-bond donors (Lipinski definition) is 2. The van der Waals surface area contributed by atoms with Crippen LogP contribution in [0.5, 0.6) is 0 Å². The summed E-state index contributed by atoms with van der Waals surface area (Å²) in [6, 6.07) is 6.06. The fourth-order valence-electron chi connectivity index (χ4n) is 2.29. The highest BCUT2D eigenvalue weighted by Gasteiger charge is 2.17. The van der Waals surface area contributed by atoms with E-state index in [-0.39, 0.29) is 6.42 Å². The first kappa shape index (κ1) is 17.0. The maximum Gasteiger partial charge on any atom is 0.308 e. The van der Waals surface area contributed by atoms with Crippen molar-refractivity contribution in [2.75, 3.05) is 18.0 Å². The van der Waals surface area contributed by atoms with Gasteiger partial charge in [-0.2, -0.15) is 0 Å². The molecule has 0 radical (unpaired) electrons. The molecule has 0 bridgehead atoms. The second-order valence-corrected chi connectivity index (χ2v) is 5.53. The standard InChI is InChI=1S/C16H23NO4/c1-11-7-12(2)9-14(8-11)17(6-4-5-15(18)19)10-13(3)16(20)21/h7-9,13H,4-6,10H2,1-3H3,(H,18,19)(H,20,21). The molecule has 0 amide bonds. The van der Waals surface area contributed by atoms with Gasteiger partial charge in [-0.15, -0.1) is 0 Å². The number of carbonyl (C=O) groups is 2. The Morgan fingerprint density at radius 1 is 1.14 bits per heavy atom. The van der Waals surface area contributed by atoms with E-state index in [1.807, 2.05) is 30.9 Å². The van der Waals surface area contributed by atoms with Crippen molar-refractivity contribution in [1.29, 1.82) is 0 Å². The number of rotatable bonds is 8. The first-order valence-electron chi connectivity index (χ1n) is 7.07. The first-order valence-corrected chi connectivity index (χ1v) is 7.07. The summed E-state index contributed by atoms with van der Waals surface area (Å²) in [4.78, 5) is 23.7. The second-order valence-electron chi connectivity index (χ2n) is 5.53. The van der Waals surface area contributed by atoms with Crippen LogP contribution in [0.25, 0.3) is 0 Å². The lowest BCUT2D eigenvalue weighted by atomic mass is 10.1. The van der Waals surface area contributed by atoms with E-state index in [0.717, 1.165) is 16.8 Å². The van der Waals surface area contributed by atoms with Crippen molar-refractivity contribution < 1.29 is 19.8 Å². The summed E-state index contributed by atoms with van der Waals surface area (Å²) in [6.07, 6.45) is 0.581. The van der Waals surface area contributed by atoms with Crippen LogP contribution in [-0.4, -0.2) is 35.2 Å². The molecular weight excluding hydrogens is 270 g/mol. The van der Waals surface area contributed by atoms with Gasteiger partial charge in [0.15, 0.2) is 0 Å². The highest BCUT2D eigenvalue weighted by molar-refractivity contribution is 5.70. The van der Waals surface area contributed by atoms with Gasteiger partial charge in [0, 0.05) is 25.2 Å². The fourth-order valence-corrected chi connectivity index (χ4v) is 2.29. The molecule has 5 heteroatoms. The molecule has 5 nitrogen and oxygen atoms in total. The van der Waals surface area contributed by atoms with Gasteiger partial charge < -0.3 is 15.1 Å². The third-order valence-electron chi connectivity index (χ3n) is 3.31. The molecule has 1 aromatic carbocycles. The molecule has 1 rings (SSSR count). The summed E-state index contributed by atoms with van der Waals surface area (Å²) >= 11 is 0. The molecule has 0 aromatic heterocycles. The number of nitrogens with zero attached hydrogens (tertiary/aromatic N) is 1. The van der Waals surface area contributed by atoms with Crippen molar-refractivity contribution in [3.05, 3.63) is 29.3 Å². The largest absolute Gasteiger partial charge is 0.481 e. The maximum absolute atomic E-state index is 11.1. The van der Waals surface area contributed by atoms with Gasteiger partial charge in [-0.05, 0) is 43.5 Å². The minimum atomic E-state index is -0.845. The first-order chi connectivity index (χ1) is 9.79. The van der Waals surface area contributed by atoms with Gasteiger partial charge in [-0.1, -0.05) is 13.0 Å². The Labute approximate surface area is 125 Å². The lowest BCUT2D eigenvalue weighted by Gasteiger charge is -2.27. The second kappa shape index (κ2) is 7.67. The third kappa shape index (κ3) is 5.85. The number of aliphatic carboxylic acids is 2. The Balaban J connectivity index is 2.88. The molecule has 0 saturated heterocycles. The molecule has 0 heterocycles. The van der Waals surface area contributed by atoms with Gasteiger partial charge in [0.2, 0.25) is 0 Å². The molecule has 1 aromatic rings. The molecule has 21 heavy (non-hydrogen) atoms. The molecule has 1 unspecified atom stereocenters. The van der Waals surface area contributed by atoms with E-state index in [1.165, 1.54) is 0 Å². The lowest BCUT2D eigenvalue weighted by molar-refractivity contribution is -0.141. The monoisotopic (exact) mass is 293 g/mol. The van der Waals surface area contributed by atoms with E-state index in [1.54, 1.807) is 6.92 Å². The average Bonchev–Trinajstić information content (AvgIpc) is 2.35. The third-order valence-corrected chi connectivity index (χ3v) is 3.31. The van der Waals surface area contributed by atoms with Crippen LogP contribution in [-0.2, 0) is 9.59 Å². The van der Waals surface area contributed by atoms with Gasteiger partial charge in [-0.25, -0.2) is 0 Å². The smallest absolute Gasteiger partial charge is 0.308 e. The van der Waals surface area contributed by atoms with E-state index in [9.17, 15) is 9.59 Å². The van der Waals surface area contributed by atoms with Crippen molar-refractivity contribution in [3.8, 4) is 0 Å². The molecular formula is C16H23NO4. The number of anilines is 1. The van der Waals surface area contributed by atoms with E-state index < -0.39 is 17.9 Å². The Hall–Kier alpha value is -2.04. The van der Waals surface area contributed by atoms with Gasteiger partial charge >= 0.3 is 11.9 Å². The van der Waals surface area contributed by atoms with Crippen LogP contribution in [0.2, 0.25) is 0 Å². The van der Waals surface area contributed by atoms with Crippen molar-refractivity contribution >= 4 is 17.6 Å². The Kier molecular flexibility index (Phi) is 6.21. The van der Waals surface area contributed by atoms with Gasteiger partial charge in [-0.3, -0.25) is 9.59 Å². The molecule has 0 aliphatic carbocycles. The van der Waals surface area contributed by atoms with Crippen molar-refractivity contribution in [1.82, 2.24) is 0 Å². The van der Waals surface area contributed by atoms with Crippen LogP contribution < -0.4 is 4.90 Å². The minimum absolute atomic E-state index is 0.0861. The maximum atomic E-state index is 11.1. The fraction of sp³-hybridized carbons (Fsp3) is 0.500. The van der Waals surface area contributed by atoms with Gasteiger partial charge in [0.25, 0.3) is 0 Å². The number of carboxylic acids is 2.